The first-order valence-electron chi connectivity index (χ1n) is 10.5. The van der Waals surface area contributed by atoms with Crippen LogP contribution in [0.15, 0.2) is 36.4 Å². The van der Waals surface area contributed by atoms with Gasteiger partial charge in [0, 0.05) is 38.3 Å². The fourth-order valence-electron chi connectivity index (χ4n) is 4.12. The van der Waals surface area contributed by atoms with Gasteiger partial charge in [0.1, 0.15) is 12.4 Å². The van der Waals surface area contributed by atoms with E-state index in [1.54, 1.807) is 0 Å². The van der Waals surface area contributed by atoms with E-state index < -0.39 is 5.92 Å². The Morgan fingerprint density at radius 2 is 1.73 bits per heavy atom. The minimum Gasteiger partial charge on any atom is -0.491 e. The summed E-state index contributed by atoms with van der Waals surface area (Å²) in [5.41, 5.74) is 5.46. The highest BCUT2D eigenvalue weighted by atomic mass is 16.5. The summed E-state index contributed by atoms with van der Waals surface area (Å²) in [6.45, 7) is 9.34. The quantitative estimate of drug-likeness (QED) is 0.848. The molecule has 2 aromatic carbocycles. The zero-order valence-corrected chi connectivity index (χ0v) is 17.9. The van der Waals surface area contributed by atoms with Crippen LogP contribution in [0.2, 0.25) is 0 Å². The zero-order valence-electron chi connectivity index (χ0n) is 17.9. The molecule has 0 aliphatic carbocycles. The summed E-state index contributed by atoms with van der Waals surface area (Å²) in [5, 5.41) is 2.92. The van der Waals surface area contributed by atoms with Gasteiger partial charge in [-0.3, -0.25) is 9.59 Å². The summed E-state index contributed by atoms with van der Waals surface area (Å²) in [7, 11) is 0. The van der Waals surface area contributed by atoms with Gasteiger partial charge in [0.15, 0.2) is 0 Å². The number of nitrogens with zero attached hydrogens (tertiary/aromatic N) is 2. The Morgan fingerprint density at radius 1 is 1.03 bits per heavy atom. The van der Waals surface area contributed by atoms with Gasteiger partial charge in [0.2, 0.25) is 11.8 Å². The van der Waals surface area contributed by atoms with Gasteiger partial charge in [-0.05, 0) is 55.7 Å². The van der Waals surface area contributed by atoms with Crippen LogP contribution in [0.5, 0.6) is 5.75 Å². The van der Waals surface area contributed by atoms with Crippen LogP contribution in [0.1, 0.15) is 23.1 Å². The number of carbonyl (C=O) groups excluding carboxylic acids is 2. The summed E-state index contributed by atoms with van der Waals surface area (Å²) >= 11 is 0. The van der Waals surface area contributed by atoms with Gasteiger partial charge in [-0.2, -0.15) is 0 Å². The molecule has 0 radical (unpaired) electrons. The molecule has 1 unspecified atom stereocenters. The van der Waals surface area contributed by atoms with Crippen LogP contribution in [0.3, 0.4) is 0 Å². The molecule has 2 aromatic rings. The van der Waals surface area contributed by atoms with Gasteiger partial charge in [-0.25, -0.2) is 0 Å². The van der Waals surface area contributed by atoms with Crippen LogP contribution in [-0.2, 0) is 9.59 Å². The number of anilines is 2. The van der Waals surface area contributed by atoms with E-state index in [-0.39, 0.29) is 24.8 Å². The van der Waals surface area contributed by atoms with Crippen LogP contribution in [0.4, 0.5) is 11.4 Å². The molecule has 6 nitrogen and oxygen atoms in total. The maximum absolute atomic E-state index is 12.9. The van der Waals surface area contributed by atoms with Crippen molar-refractivity contribution in [1.29, 1.82) is 0 Å². The third-order valence-corrected chi connectivity index (χ3v) is 5.96. The average Bonchev–Trinajstić information content (AvgIpc) is 2.88. The lowest BCUT2D eigenvalue weighted by Gasteiger charge is -2.37. The van der Waals surface area contributed by atoms with E-state index in [4.69, 9.17) is 4.74 Å². The van der Waals surface area contributed by atoms with Crippen molar-refractivity contribution in [1.82, 2.24) is 4.90 Å². The first-order valence-corrected chi connectivity index (χ1v) is 10.5. The lowest BCUT2D eigenvalue weighted by molar-refractivity contribution is -0.135. The number of aryl methyl sites for hydroxylation is 3. The number of benzene rings is 2. The minimum absolute atomic E-state index is 0.0153. The first-order chi connectivity index (χ1) is 14.4. The van der Waals surface area contributed by atoms with E-state index in [0.29, 0.717) is 24.5 Å². The summed E-state index contributed by atoms with van der Waals surface area (Å²) in [6, 6.07) is 12.2. The molecule has 2 heterocycles. The second kappa shape index (κ2) is 8.38. The summed E-state index contributed by atoms with van der Waals surface area (Å²) < 4.78 is 5.81. The van der Waals surface area contributed by atoms with Gasteiger partial charge in [0.05, 0.1) is 11.6 Å². The van der Waals surface area contributed by atoms with E-state index in [9.17, 15) is 9.59 Å². The van der Waals surface area contributed by atoms with Gasteiger partial charge < -0.3 is 19.9 Å². The molecule has 1 saturated heterocycles. The number of fused-ring (bicyclic) bond motifs is 1. The Labute approximate surface area is 177 Å². The molecule has 0 spiro atoms. The monoisotopic (exact) mass is 407 g/mol. The summed E-state index contributed by atoms with van der Waals surface area (Å²) in [4.78, 5) is 29.7. The number of carbonyl (C=O) groups is 2. The van der Waals surface area contributed by atoms with Gasteiger partial charge in [-0.15, -0.1) is 0 Å². The predicted molar refractivity (Wildman–Crippen MR) is 118 cm³/mol. The Kier molecular flexibility index (Phi) is 5.66. The molecular weight excluding hydrogens is 378 g/mol. The molecule has 1 N–H and O–H groups in total. The largest absolute Gasteiger partial charge is 0.491 e. The molecule has 0 bridgehead atoms. The summed E-state index contributed by atoms with van der Waals surface area (Å²) in [6.07, 6.45) is 0.169. The molecule has 1 fully saturated rings. The van der Waals surface area contributed by atoms with Crippen molar-refractivity contribution >= 4 is 23.2 Å². The number of amides is 2. The number of ether oxygens (including phenoxy) is 1. The molecule has 158 valence electrons. The highest BCUT2D eigenvalue weighted by Gasteiger charge is 2.30. The van der Waals surface area contributed by atoms with Gasteiger partial charge in [-0.1, -0.05) is 18.2 Å². The van der Waals surface area contributed by atoms with Crippen molar-refractivity contribution in [3.63, 3.8) is 0 Å². The zero-order chi connectivity index (χ0) is 21.3. The van der Waals surface area contributed by atoms with Crippen molar-refractivity contribution in [3.05, 3.63) is 53.1 Å². The number of nitrogens with one attached hydrogen (secondary N) is 1. The molecule has 2 aliphatic rings. The Morgan fingerprint density at radius 3 is 2.50 bits per heavy atom. The molecule has 30 heavy (non-hydrogen) atoms. The highest BCUT2D eigenvalue weighted by molar-refractivity contribution is 5.97. The van der Waals surface area contributed by atoms with Gasteiger partial charge in [0.25, 0.3) is 0 Å². The van der Waals surface area contributed by atoms with E-state index in [2.05, 4.69) is 42.3 Å². The standard InChI is InChI=1S/C24H29N3O3/c1-16-5-7-22-20(12-16)25-24(29)19(15-30-22)14-23(28)27-10-8-26(9-11-27)21-13-17(2)4-6-18(21)3/h4-7,12-13,19H,8-11,14-15H2,1-3H3,(H,25,29). The summed E-state index contributed by atoms with van der Waals surface area (Å²) in [5.74, 6) is 0.0384. The lowest BCUT2D eigenvalue weighted by Crippen LogP contribution is -2.49. The van der Waals surface area contributed by atoms with Crippen molar-refractivity contribution in [2.24, 2.45) is 5.92 Å². The third-order valence-electron chi connectivity index (χ3n) is 5.96. The van der Waals surface area contributed by atoms with Crippen molar-refractivity contribution in [2.45, 2.75) is 27.2 Å². The van der Waals surface area contributed by atoms with E-state index in [1.807, 2.05) is 30.0 Å². The molecule has 0 aromatic heterocycles. The van der Waals surface area contributed by atoms with Crippen molar-refractivity contribution in [3.8, 4) is 5.75 Å². The second-order valence-electron chi connectivity index (χ2n) is 8.36. The molecule has 1 atom stereocenters. The Bertz CT molecular complexity index is 964. The van der Waals surface area contributed by atoms with Crippen LogP contribution in [-0.4, -0.2) is 49.5 Å². The third kappa shape index (κ3) is 4.27. The number of hydrogen-bond acceptors (Lipinski definition) is 4. The first kappa shape index (κ1) is 20.3. The number of hydrogen-bond donors (Lipinski definition) is 1. The van der Waals surface area contributed by atoms with Crippen LogP contribution in [0.25, 0.3) is 0 Å². The lowest BCUT2D eigenvalue weighted by atomic mass is 10.0. The van der Waals surface area contributed by atoms with E-state index >= 15 is 0 Å². The smallest absolute Gasteiger partial charge is 0.231 e. The fraction of sp³-hybridized carbons (Fsp3) is 0.417. The number of piperazine rings is 1. The molecule has 6 heteroatoms. The molecule has 2 aliphatic heterocycles. The average molecular weight is 408 g/mol. The maximum Gasteiger partial charge on any atom is 0.231 e. The van der Waals surface area contributed by atoms with E-state index in [0.717, 1.165) is 18.7 Å². The number of rotatable bonds is 3. The van der Waals surface area contributed by atoms with Crippen molar-refractivity contribution in [2.75, 3.05) is 43.0 Å². The molecule has 4 rings (SSSR count). The van der Waals surface area contributed by atoms with Crippen LogP contribution in [0, 0.1) is 26.7 Å². The predicted octanol–water partition coefficient (Wildman–Crippen LogP) is 3.30. The van der Waals surface area contributed by atoms with Gasteiger partial charge >= 0.3 is 0 Å². The Balaban J connectivity index is 1.35. The SMILES string of the molecule is Cc1ccc2c(c1)NC(=O)C(CC(=O)N1CCN(c3cc(C)ccc3C)CC1)CO2. The van der Waals surface area contributed by atoms with Crippen molar-refractivity contribution < 1.29 is 14.3 Å². The fourth-order valence-corrected chi connectivity index (χ4v) is 4.12. The van der Waals surface area contributed by atoms with E-state index in [1.165, 1.54) is 16.8 Å². The normalized spacial score (nSPS) is 18.9. The molecular formula is C24H29N3O3. The Hall–Kier alpha value is -3.02. The van der Waals surface area contributed by atoms with Crippen LogP contribution >= 0.6 is 0 Å². The highest BCUT2D eigenvalue weighted by Crippen LogP contribution is 2.30. The second-order valence-corrected chi connectivity index (χ2v) is 8.36. The van der Waals surface area contributed by atoms with Crippen LogP contribution < -0.4 is 15.0 Å². The molecule has 2 amide bonds. The minimum atomic E-state index is -0.484. The molecule has 0 saturated carbocycles. The maximum atomic E-state index is 12.9. The topological polar surface area (TPSA) is 61.9 Å².